The minimum Gasteiger partial charge on any atom is -0.349 e. The molecule has 0 bridgehead atoms. The monoisotopic (exact) mass is 314 g/mol. The number of amides is 1. The van der Waals surface area contributed by atoms with Gasteiger partial charge in [0.15, 0.2) is 0 Å². The molecule has 0 radical (unpaired) electrons. The number of carbonyl (C=O) groups excluding carboxylic acids is 1. The summed E-state index contributed by atoms with van der Waals surface area (Å²) < 4.78 is 1.17. The van der Waals surface area contributed by atoms with Gasteiger partial charge in [-0.25, -0.2) is 4.98 Å². The Morgan fingerprint density at radius 1 is 1.36 bits per heavy atom. The highest BCUT2D eigenvalue weighted by molar-refractivity contribution is 7.18. The van der Waals surface area contributed by atoms with E-state index in [1.807, 2.05) is 18.2 Å². The molecule has 1 aromatic carbocycles. The van der Waals surface area contributed by atoms with Crippen molar-refractivity contribution in [1.82, 2.24) is 10.3 Å². The van der Waals surface area contributed by atoms with E-state index in [2.05, 4.69) is 50.1 Å². The van der Waals surface area contributed by atoms with Crippen LogP contribution in [-0.2, 0) is 11.3 Å². The highest BCUT2D eigenvalue weighted by Crippen LogP contribution is 2.59. The fourth-order valence-electron chi connectivity index (χ4n) is 3.12. The van der Waals surface area contributed by atoms with E-state index in [-0.39, 0.29) is 17.2 Å². The molecule has 116 valence electrons. The van der Waals surface area contributed by atoms with Crippen LogP contribution in [0.15, 0.2) is 35.9 Å². The van der Waals surface area contributed by atoms with Gasteiger partial charge >= 0.3 is 0 Å². The van der Waals surface area contributed by atoms with Crippen LogP contribution in [0.1, 0.15) is 32.7 Å². The second-order valence-electron chi connectivity index (χ2n) is 6.86. The molecule has 1 fully saturated rings. The number of rotatable bonds is 4. The molecule has 0 aliphatic heterocycles. The molecule has 3 nitrogen and oxygen atoms in total. The van der Waals surface area contributed by atoms with Crippen molar-refractivity contribution in [3.63, 3.8) is 0 Å². The van der Waals surface area contributed by atoms with E-state index in [9.17, 15) is 4.79 Å². The zero-order chi connectivity index (χ0) is 15.9. The van der Waals surface area contributed by atoms with Crippen LogP contribution in [0.2, 0.25) is 0 Å². The number of nitrogens with one attached hydrogen (secondary N) is 1. The van der Waals surface area contributed by atoms with Gasteiger partial charge in [0, 0.05) is 0 Å². The summed E-state index contributed by atoms with van der Waals surface area (Å²) in [5.41, 5.74) is 2.35. The molecule has 0 unspecified atom stereocenters. The Labute approximate surface area is 135 Å². The highest BCUT2D eigenvalue weighted by Gasteiger charge is 2.60. The standard InChI is InChI=1S/C18H22N2OS/c1-11(2)9-12-16(18(12,3)4)17(21)19-10-15-20-13-7-5-6-8-14(13)22-15/h5-9,12,16H,10H2,1-4H3,(H,19,21)/t12-,16-/m1/s1. The van der Waals surface area contributed by atoms with Crippen molar-refractivity contribution in [2.24, 2.45) is 17.3 Å². The zero-order valence-corrected chi connectivity index (χ0v) is 14.3. The van der Waals surface area contributed by atoms with Crippen molar-refractivity contribution in [3.8, 4) is 0 Å². The number of aromatic nitrogens is 1. The number of carbonyl (C=O) groups is 1. The van der Waals surface area contributed by atoms with Crippen LogP contribution in [0, 0.1) is 17.3 Å². The molecule has 1 N–H and O–H groups in total. The average molecular weight is 314 g/mol. The van der Waals surface area contributed by atoms with E-state index in [1.165, 1.54) is 10.3 Å². The molecule has 1 saturated carbocycles. The minimum atomic E-state index is 0.0644. The number of hydrogen-bond donors (Lipinski definition) is 1. The second-order valence-corrected chi connectivity index (χ2v) is 7.98. The van der Waals surface area contributed by atoms with Gasteiger partial charge in [0.2, 0.25) is 5.91 Å². The number of benzene rings is 1. The third-order valence-corrected chi connectivity index (χ3v) is 5.49. The van der Waals surface area contributed by atoms with Crippen molar-refractivity contribution in [2.75, 3.05) is 0 Å². The maximum Gasteiger partial charge on any atom is 0.224 e. The predicted octanol–water partition coefficient (Wildman–Crippen LogP) is 4.15. The van der Waals surface area contributed by atoms with Crippen molar-refractivity contribution in [3.05, 3.63) is 40.9 Å². The fraction of sp³-hybridized carbons (Fsp3) is 0.444. The van der Waals surface area contributed by atoms with E-state index < -0.39 is 0 Å². The molecule has 1 aliphatic carbocycles. The molecular weight excluding hydrogens is 292 g/mol. The van der Waals surface area contributed by atoms with E-state index >= 15 is 0 Å². The second kappa shape index (κ2) is 5.51. The molecule has 1 aromatic heterocycles. The molecule has 1 aliphatic rings. The summed E-state index contributed by atoms with van der Waals surface area (Å²) in [4.78, 5) is 17.0. The average Bonchev–Trinajstić information content (AvgIpc) is 2.83. The Bertz CT molecular complexity index is 707. The first-order valence-corrected chi connectivity index (χ1v) is 8.48. The van der Waals surface area contributed by atoms with Crippen molar-refractivity contribution >= 4 is 27.5 Å². The Hall–Kier alpha value is -1.68. The maximum atomic E-state index is 12.4. The van der Waals surface area contributed by atoms with Crippen molar-refractivity contribution < 1.29 is 4.79 Å². The van der Waals surface area contributed by atoms with Crippen LogP contribution in [0.4, 0.5) is 0 Å². The lowest BCUT2D eigenvalue weighted by atomic mass is 10.1. The Morgan fingerprint density at radius 2 is 2.09 bits per heavy atom. The first-order valence-electron chi connectivity index (χ1n) is 7.67. The summed E-state index contributed by atoms with van der Waals surface area (Å²) >= 11 is 1.64. The van der Waals surface area contributed by atoms with Gasteiger partial charge < -0.3 is 5.32 Å². The fourth-order valence-corrected chi connectivity index (χ4v) is 4.02. The molecule has 2 atom stereocenters. The molecule has 1 amide bonds. The topological polar surface area (TPSA) is 42.0 Å². The summed E-state index contributed by atoms with van der Waals surface area (Å²) in [5.74, 6) is 0.580. The first kappa shape index (κ1) is 15.2. The third-order valence-electron chi connectivity index (χ3n) is 4.46. The van der Waals surface area contributed by atoms with Gasteiger partial charge in [0.05, 0.1) is 22.7 Å². The SMILES string of the molecule is CC(C)=C[C@@H]1[C@H](C(=O)NCc2nc3ccccc3s2)C1(C)C. The van der Waals surface area contributed by atoms with Crippen LogP contribution < -0.4 is 5.32 Å². The summed E-state index contributed by atoms with van der Waals surface area (Å²) in [5, 5.41) is 4.03. The largest absolute Gasteiger partial charge is 0.349 e. The number of nitrogens with zero attached hydrogens (tertiary/aromatic N) is 1. The van der Waals surface area contributed by atoms with Crippen LogP contribution in [-0.4, -0.2) is 10.9 Å². The molecule has 2 aromatic rings. The molecule has 0 spiro atoms. The lowest BCUT2D eigenvalue weighted by Gasteiger charge is -2.03. The number of para-hydroxylation sites is 1. The summed E-state index contributed by atoms with van der Waals surface area (Å²) in [6, 6.07) is 8.07. The summed E-state index contributed by atoms with van der Waals surface area (Å²) in [6.45, 7) is 9.03. The van der Waals surface area contributed by atoms with Gasteiger partial charge in [-0.05, 0) is 37.3 Å². The predicted molar refractivity (Wildman–Crippen MR) is 91.7 cm³/mol. The molecule has 22 heavy (non-hydrogen) atoms. The molecule has 4 heteroatoms. The van der Waals surface area contributed by atoms with Crippen molar-refractivity contribution in [2.45, 2.75) is 34.2 Å². The maximum absolute atomic E-state index is 12.4. The zero-order valence-electron chi connectivity index (χ0n) is 13.5. The quantitative estimate of drug-likeness (QED) is 0.861. The van der Waals surface area contributed by atoms with Crippen LogP contribution in [0.3, 0.4) is 0 Å². The first-order chi connectivity index (χ1) is 10.4. The van der Waals surface area contributed by atoms with Gasteiger partial charge in [-0.3, -0.25) is 4.79 Å². The van der Waals surface area contributed by atoms with E-state index in [1.54, 1.807) is 11.3 Å². The van der Waals surface area contributed by atoms with Gasteiger partial charge in [0.25, 0.3) is 0 Å². The Kier molecular flexibility index (Phi) is 3.81. The smallest absolute Gasteiger partial charge is 0.224 e. The summed E-state index contributed by atoms with van der Waals surface area (Å²) in [6.07, 6.45) is 2.22. The summed E-state index contributed by atoms with van der Waals surface area (Å²) in [7, 11) is 0. The molecule has 0 saturated heterocycles. The molecular formula is C18H22N2OS. The lowest BCUT2D eigenvalue weighted by Crippen LogP contribution is -2.26. The van der Waals surface area contributed by atoms with Gasteiger partial charge in [-0.2, -0.15) is 0 Å². The number of allylic oxidation sites excluding steroid dienone is 2. The van der Waals surface area contributed by atoms with E-state index in [0.717, 1.165) is 10.5 Å². The normalized spacial score (nSPS) is 22.4. The Balaban J connectivity index is 1.64. The van der Waals surface area contributed by atoms with Gasteiger partial charge in [-0.15, -0.1) is 11.3 Å². The Morgan fingerprint density at radius 3 is 2.77 bits per heavy atom. The van der Waals surface area contributed by atoms with Crippen LogP contribution in [0.5, 0.6) is 0 Å². The number of fused-ring (bicyclic) bond motifs is 1. The van der Waals surface area contributed by atoms with E-state index in [4.69, 9.17) is 0 Å². The van der Waals surface area contributed by atoms with Crippen LogP contribution in [0.25, 0.3) is 10.2 Å². The number of thiazole rings is 1. The van der Waals surface area contributed by atoms with Crippen molar-refractivity contribution in [1.29, 1.82) is 0 Å². The van der Waals surface area contributed by atoms with Crippen LogP contribution >= 0.6 is 11.3 Å². The van der Waals surface area contributed by atoms with E-state index in [0.29, 0.717) is 12.5 Å². The third kappa shape index (κ3) is 2.80. The lowest BCUT2D eigenvalue weighted by molar-refractivity contribution is -0.123. The number of hydrogen-bond acceptors (Lipinski definition) is 3. The highest BCUT2D eigenvalue weighted by atomic mass is 32.1. The minimum absolute atomic E-state index is 0.0644. The van der Waals surface area contributed by atoms with Gasteiger partial charge in [0.1, 0.15) is 5.01 Å². The van der Waals surface area contributed by atoms with Gasteiger partial charge in [-0.1, -0.05) is 37.6 Å². The molecule has 1 heterocycles. The molecule has 3 rings (SSSR count).